The molecule has 1 aliphatic rings. The lowest BCUT2D eigenvalue weighted by Crippen LogP contribution is -2.55. The molecule has 0 spiro atoms. The van der Waals surface area contributed by atoms with Crippen molar-refractivity contribution in [3.8, 4) is 5.75 Å². The van der Waals surface area contributed by atoms with Crippen LogP contribution in [0.5, 0.6) is 5.75 Å². The van der Waals surface area contributed by atoms with Crippen LogP contribution in [0.1, 0.15) is 13.3 Å². The molecule has 3 atom stereocenters. The molecule has 1 N–H and O–H groups in total. The molecule has 7 heteroatoms. The Bertz CT molecular complexity index is 481. The Labute approximate surface area is 118 Å². The van der Waals surface area contributed by atoms with Crippen LogP contribution in [0.2, 0.25) is 0 Å². The third-order valence-corrected chi connectivity index (χ3v) is 3.79. The average Bonchev–Trinajstić information content (AvgIpc) is 2.37. The van der Waals surface area contributed by atoms with Gasteiger partial charge in [0, 0.05) is 19.1 Å². The van der Waals surface area contributed by atoms with E-state index in [4.69, 9.17) is 9.47 Å². The summed E-state index contributed by atoms with van der Waals surface area (Å²) in [6.45, 7) is 2.32. The molecule has 0 saturated heterocycles. The number of hydrogen-bond acceptors (Lipinski definition) is 5. The maximum Gasteiger partial charge on any atom is 0.287 e. The highest BCUT2D eigenvalue weighted by molar-refractivity contribution is 9.10. The van der Waals surface area contributed by atoms with Gasteiger partial charge in [0.2, 0.25) is 0 Å². The van der Waals surface area contributed by atoms with Crippen LogP contribution in [0.15, 0.2) is 22.7 Å². The highest BCUT2D eigenvalue weighted by Crippen LogP contribution is 2.37. The molecule has 0 radical (unpaired) electrons. The van der Waals surface area contributed by atoms with E-state index in [0.29, 0.717) is 23.2 Å². The van der Waals surface area contributed by atoms with E-state index in [-0.39, 0.29) is 17.9 Å². The van der Waals surface area contributed by atoms with Gasteiger partial charge in [0.1, 0.15) is 22.4 Å². The van der Waals surface area contributed by atoms with Crippen LogP contribution in [0.3, 0.4) is 0 Å². The third-order valence-electron chi connectivity index (χ3n) is 3.00. The molecule has 104 valence electrons. The fourth-order valence-electron chi connectivity index (χ4n) is 1.98. The van der Waals surface area contributed by atoms with E-state index in [1.807, 2.05) is 6.92 Å². The number of rotatable bonds is 5. The largest absolute Gasteiger partial charge is 0.486 e. The van der Waals surface area contributed by atoms with E-state index in [1.165, 1.54) is 6.07 Å². The lowest BCUT2D eigenvalue weighted by Gasteiger charge is -2.40. The van der Waals surface area contributed by atoms with Gasteiger partial charge < -0.3 is 14.6 Å². The molecule has 1 aromatic carbocycles. The Morgan fingerprint density at radius 3 is 2.89 bits per heavy atom. The van der Waals surface area contributed by atoms with Crippen molar-refractivity contribution in [1.82, 2.24) is 0 Å². The van der Waals surface area contributed by atoms with Crippen molar-refractivity contribution in [2.75, 3.05) is 6.61 Å². The number of nitro groups is 1. The van der Waals surface area contributed by atoms with E-state index in [9.17, 15) is 15.2 Å². The first-order valence-electron chi connectivity index (χ1n) is 5.93. The summed E-state index contributed by atoms with van der Waals surface area (Å²) in [6, 6.07) is 4.60. The van der Waals surface area contributed by atoms with Crippen LogP contribution in [0.4, 0.5) is 5.69 Å². The fraction of sp³-hybridized carbons (Fsp3) is 0.500. The standard InChI is InChI=1S/C12H14BrNO5/c1-2-18-12-8(15)6-10(12)19-9-5-3-4-7(11(9)13)14(16)17/h3-5,8,10,12,15H,2,6H2,1H3. The smallest absolute Gasteiger partial charge is 0.287 e. The molecule has 0 aliphatic heterocycles. The van der Waals surface area contributed by atoms with Crippen LogP contribution in [-0.4, -0.2) is 34.9 Å². The van der Waals surface area contributed by atoms with Crippen LogP contribution < -0.4 is 4.74 Å². The van der Waals surface area contributed by atoms with Gasteiger partial charge in [-0.15, -0.1) is 0 Å². The summed E-state index contributed by atoms with van der Waals surface area (Å²) >= 11 is 3.17. The minimum Gasteiger partial charge on any atom is -0.486 e. The summed E-state index contributed by atoms with van der Waals surface area (Å²) in [6.07, 6.45) is -0.744. The highest BCUT2D eigenvalue weighted by atomic mass is 79.9. The molecule has 6 nitrogen and oxygen atoms in total. The second-order valence-corrected chi connectivity index (χ2v) is 5.02. The summed E-state index contributed by atoms with van der Waals surface area (Å²) in [4.78, 5) is 10.3. The van der Waals surface area contributed by atoms with Crippen LogP contribution in [0.25, 0.3) is 0 Å². The van der Waals surface area contributed by atoms with Gasteiger partial charge in [-0.1, -0.05) is 6.07 Å². The van der Waals surface area contributed by atoms with Crippen molar-refractivity contribution in [2.45, 2.75) is 31.7 Å². The number of ether oxygens (including phenoxy) is 2. The molecule has 1 fully saturated rings. The summed E-state index contributed by atoms with van der Waals surface area (Å²) in [5, 5.41) is 20.4. The van der Waals surface area contributed by atoms with Gasteiger partial charge in [0.15, 0.2) is 0 Å². The summed E-state index contributed by atoms with van der Waals surface area (Å²) in [5.74, 6) is 0.385. The molecule has 19 heavy (non-hydrogen) atoms. The molecule has 0 heterocycles. The van der Waals surface area contributed by atoms with Crippen molar-refractivity contribution in [1.29, 1.82) is 0 Å². The zero-order chi connectivity index (χ0) is 14.0. The SMILES string of the molecule is CCOC1C(O)CC1Oc1cccc([N+](=O)[O-])c1Br. The quantitative estimate of drug-likeness (QED) is 0.661. The maximum absolute atomic E-state index is 10.8. The topological polar surface area (TPSA) is 81.8 Å². The molecule has 1 saturated carbocycles. The van der Waals surface area contributed by atoms with Gasteiger partial charge in [-0.25, -0.2) is 0 Å². The Morgan fingerprint density at radius 1 is 1.58 bits per heavy atom. The van der Waals surface area contributed by atoms with Gasteiger partial charge in [-0.3, -0.25) is 10.1 Å². The first-order chi connectivity index (χ1) is 9.04. The van der Waals surface area contributed by atoms with Crippen molar-refractivity contribution in [3.63, 3.8) is 0 Å². The second-order valence-electron chi connectivity index (χ2n) is 4.23. The molecular weight excluding hydrogens is 318 g/mol. The number of aliphatic hydroxyl groups is 1. The Morgan fingerprint density at radius 2 is 2.32 bits per heavy atom. The molecule has 2 rings (SSSR count). The normalized spacial score (nSPS) is 25.7. The van der Waals surface area contributed by atoms with Crippen molar-refractivity contribution >= 4 is 21.6 Å². The first-order valence-corrected chi connectivity index (χ1v) is 6.73. The zero-order valence-electron chi connectivity index (χ0n) is 10.3. The van der Waals surface area contributed by atoms with Gasteiger partial charge in [0.25, 0.3) is 5.69 Å². The molecule has 0 bridgehead atoms. The van der Waals surface area contributed by atoms with Gasteiger partial charge in [-0.2, -0.15) is 0 Å². The van der Waals surface area contributed by atoms with E-state index in [0.717, 1.165) is 0 Å². The highest BCUT2D eigenvalue weighted by Gasteiger charge is 2.43. The minimum absolute atomic E-state index is 0.0506. The number of nitrogens with zero attached hydrogens (tertiary/aromatic N) is 1. The first kappa shape index (κ1) is 14.2. The monoisotopic (exact) mass is 331 g/mol. The van der Waals surface area contributed by atoms with Crippen LogP contribution in [-0.2, 0) is 4.74 Å². The predicted molar refractivity (Wildman–Crippen MR) is 71.3 cm³/mol. The summed E-state index contributed by atoms with van der Waals surface area (Å²) in [7, 11) is 0. The molecule has 1 aromatic rings. The number of aliphatic hydroxyl groups excluding tert-OH is 1. The van der Waals surface area contributed by atoms with E-state index in [2.05, 4.69) is 15.9 Å². The molecule has 0 amide bonds. The number of halogens is 1. The lowest BCUT2D eigenvalue weighted by molar-refractivity contribution is -0.385. The van der Waals surface area contributed by atoms with E-state index in [1.54, 1.807) is 12.1 Å². The van der Waals surface area contributed by atoms with Crippen molar-refractivity contribution in [3.05, 3.63) is 32.8 Å². The maximum atomic E-state index is 10.8. The summed E-state index contributed by atoms with van der Waals surface area (Å²) < 4.78 is 11.3. The molecule has 3 unspecified atom stereocenters. The molecular formula is C12H14BrNO5. The predicted octanol–water partition coefficient (Wildman–Crippen LogP) is 2.27. The minimum atomic E-state index is -0.539. The van der Waals surface area contributed by atoms with Gasteiger partial charge in [-0.05, 0) is 28.9 Å². The lowest BCUT2D eigenvalue weighted by atomic mass is 9.88. The number of benzene rings is 1. The fourth-order valence-corrected chi connectivity index (χ4v) is 2.48. The van der Waals surface area contributed by atoms with Crippen LogP contribution in [0, 0.1) is 10.1 Å². The summed E-state index contributed by atoms with van der Waals surface area (Å²) in [5.41, 5.74) is -0.0506. The van der Waals surface area contributed by atoms with Gasteiger partial charge in [0.05, 0.1) is 11.0 Å². The average molecular weight is 332 g/mol. The van der Waals surface area contributed by atoms with Crippen LogP contribution >= 0.6 is 15.9 Å². The molecule has 0 aromatic heterocycles. The molecule has 1 aliphatic carbocycles. The van der Waals surface area contributed by atoms with Crippen molar-refractivity contribution < 1.29 is 19.5 Å². The zero-order valence-corrected chi connectivity index (χ0v) is 11.9. The van der Waals surface area contributed by atoms with Crippen molar-refractivity contribution in [2.24, 2.45) is 0 Å². The Kier molecular flexibility index (Phi) is 4.38. The van der Waals surface area contributed by atoms with E-state index >= 15 is 0 Å². The third kappa shape index (κ3) is 2.88. The number of nitro benzene ring substituents is 1. The Hall–Kier alpha value is -1.18. The van der Waals surface area contributed by atoms with Gasteiger partial charge >= 0.3 is 0 Å². The van der Waals surface area contributed by atoms with E-state index < -0.39 is 11.0 Å². The second kappa shape index (κ2) is 5.85. The number of hydrogen-bond donors (Lipinski definition) is 1. The Balaban J connectivity index is 2.12.